The van der Waals surface area contributed by atoms with E-state index in [9.17, 15) is 9.59 Å². The van der Waals surface area contributed by atoms with Crippen LogP contribution in [0, 0.1) is 12.8 Å². The number of ether oxygens (including phenoxy) is 1. The molecule has 0 saturated heterocycles. The Morgan fingerprint density at radius 2 is 1.93 bits per heavy atom. The maximum atomic E-state index is 12.3. The molecule has 2 amide bonds. The first kappa shape index (κ1) is 20.6. The van der Waals surface area contributed by atoms with Crippen LogP contribution in [-0.4, -0.2) is 23.4 Å². The van der Waals surface area contributed by atoms with E-state index in [1.807, 2.05) is 31.2 Å². The number of nitrogens with one attached hydrogen (secondary N) is 2. The SMILES string of the molecule is Cc1sc(NC(=O)COc2cccc(NC(=O)C3CC3)c2)nc1-c1ccc(Br)cc1. The zero-order valence-electron chi connectivity index (χ0n) is 16.3. The third kappa shape index (κ3) is 5.25. The summed E-state index contributed by atoms with van der Waals surface area (Å²) < 4.78 is 6.58. The summed E-state index contributed by atoms with van der Waals surface area (Å²) >= 11 is 4.85. The van der Waals surface area contributed by atoms with Gasteiger partial charge in [-0.05, 0) is 44.0 Å². The van der Waals surface area contributed by atoms with E-state index in [-0.39, 0.29) is 24.3 Å². The van der Waals surface area contributed by atoms with Crippen LogP contribution in [0.4, 0.5) is 10.8 Å². The largest absolute Gasteiger partial charge is 0.484 e. The number of aromatic nitrogens is 1. The van der Waals surface area contributed by atoms with Crippen LogP contribution in [0.2, 0.25) is 0 Å². The third-order valence-electron chi connectivity index (χ3n) is 4.58. The highest BCUT2D eigenvalue weighted by Crippen LogP contribution is 2.32. The van der Waals surface area contributed by atoms with Crippen LogP contribution in [0.5, 0.6) is 5.75 Å². The molecule has 6 nitrogen and oxygen atoms in total. The Kier molecular flexibility index (Phi) is 6.15. The number of halogens is 1. The van der Waals surface area contributed by atoms with Crippen molar-refractivity contribution in [2.75, 3.05) is 17.2 Å². The molecule has 1 saturated carbocycles. The van der Waals surface area contributed by atoms with Gasteiger partial charge in [0.05, 0.1) is 5.69 Å². The molecule has 8 heteroatoms. The fourth-order valence-electron chi connectivity index (χ4n) is 2.88. The van der Waals surface area contributed by atoms with Gasteiger partial charge in [0, 0.05) is 32.6 Å². The van der Waals surface area contributed by atoms with Crippen molar-refractivity contribution in [1.82, 2.24) is 4.98 Å². The molecule has 2 N–H and O–H groups in total. The average molecular weight is 486 g/mol. The van der Waals surface area contributed by atoms with Crippen molar-refractivity contribution in [2.24, 2.45) is 5.92 Å². The van der Waals surface area contributed by atoms with Gasteiger partial charge in [-0.3, -0.25) is 14.9 Å². The van der Waals surface area contributed by atoms with Gasteiger partial charge in [0.15, 0.2) is 11.7 Å². The molecular formula is C22H20BrN3O3S. The molecule has 1 aliphatic rings. The van der Waals surface area contributed by atoms with E-state index in [1.54, 1.807) is 24.3 Å². The normalized spacial score (nSPS) is 13.0. The van der Waals surface area contributed by atoms with Crippen LogP contribution in [0.15, 0.2) is 53.0 Å². The molecule has 0 spiro atoms. The minimum atomic E-state index is -0.293. The molecule has 2 aromatic carbocycles. The number of amides is 2. The van der Waals surface area contributed by atoms with Gasteiger partial charge in [0.25, 0.3) is 5.91 Å². The Balaban J connectivity index is 1.33. The number of rotatable bonds is 7. The Hall–Kier alpha value is -2.71. The third-order valence-corrected chi connectivity index (χ3v) is 6.00. The molecule has 4 rings (SSSR count). The Labute approximate surface area is 186 Å². The second kappa shape index (κ2) is 8.97. The summed E-state index contributed by atoms with van der Waals surface area (Å²) in [6.45, 7) is 1.83. The van der Waals surface area contributed by atoms with Crippen LogP contribution in [-0.2, 0) is 9.59 Å². The lowest BCUT2D eigenvalue weighted by atomic mass is 10.1. The molecule has 0 unspecified atom stereocenters. The van der Waals surface area contributed by atoms with Gasteiger partial charge in [0.1, 0.15) is 5.75 Å². The summed E-state index contributed by atoms with van der Waals surface area (Å²) in [7, 11) is 0. The number of carbonyl (C=O) groups is 2. The molecule has 1 aromatic heterocycles. The smallest absolute Gasteiger partial charge is 0.264 e. The van der Waals surface area contributed by atoms with Crippen molar-refractivity contribution >= 4 is 49.9 Å². The number of anilines is 2. The Bertz CT molecular complexity index is 1080. The summed E-state index contributed by atoms with van der Waals surface area (Å²) in [6.07, 6.45) is 1.89. The fourth-order valence-corrected chi connectivity index (χ4v) is 4.00. The number of nitrogens with zero attached hydrogens (tertiary/aromatic N) is 1. The van der Waals surface area contributed by atoms with Crippen molar-refractivity contribution in [3.63, 3.8) is 0 Å². The van der Waals surface area contributed by atoms with Gasteiger partial charge in [-0.2, -0.15) is 0 Å². The van der Waals surface area contributed by atoms with Crippen molar-refractivity contribution < 1.29 is 14.3 Å². The summed E-state index contributed by atoms with van der Waals surface area (Å²) in [5, 5.41) is 6.19. The van der Waals surface area contributed by atoms with Gasteiger partial charge >= 0.3 is 0 Å². The molecule has 0 aliphatic heterocycles. The van der Waals surface area contributed by atoms with Crippen molar-refractivity contribution in [3.05, 3.63) is 57.9 Å². The lowest BCUT2D eigenvalue weighted by Crippen LogP contribution is -2.20. The molecule has 0 bridgehead atoms. The van der Waals surface area contributed by atoms with Crippen molar-refractivity contribution in [1.29, 1.82) is 0 Å². The summed E-state index contributed by atoms with van der Waals surface area (Å²) in [6, 6.07) is 14.9. The zero-order chi connectivity index (χ0) is 21.1. The molecule has 1 aliphatic carbocycles. The number of thiazole rings is 1. The van der Waals surface area contributed by atoms with E-state index in [1.165, 1.54) is 11.3 Å². The van der Waals surface area contributed by atoms with Crippen molar-refractivity contribution in [3.8, 4) is 17.0 Å². The summed E-state index contributed by atoms with van der Waals surface area (Å²) in [5.74, 6) is 0.387. The average Bonchev–Trinajstić information content (AvgIpc) is 3.51. The predicted molar refractivity (Wildman–Crippen MR) is 122 cm³/mol. The molecule has 0 radical (unpaired) electrons. The van der Waals surface area contributed by atoms with E-state index in [0.717, 1.165) is 33.4 Å². The fraction of sp³-hybridized carbons (Fsp3) is 0.227. The lowest BCUT2D eigenvalue weighted by Gasteiger charge is -2.09. The van der Waals surface area contributed by atoms with Gasteiger partial charge in [-0.25, -0.2) is 4.98 Å². The highest BCUT2D eigenvalue weighted by molar-refractivity contribution is 9.10. The first-order valence-electron chi connectivity index (χ1n) is 9.55. The standard InChI is InChI=1S/C22H20BrN3O3S/c1-13-20(14-7-9-16(23)10-8-14)26-22(30-13)25-19(27)12-29-18-4-2-3-17(11-18)24-21(28)15-5-6-15/h2-4,7-11,15H,5-6,12H2,1H3,(H,24,28)(H,25,26,27). The van der Waals surface area contributed by atoms with Gasteiger partial charge in [-0.1, -0.05) is 34.1 Å². The van der Waals surface area contributed by atoms with E-state index in [2.05, 4.69) is 31.5 Å². The number of aryl methyl sites for hydroxylation is 1. The van der Waals surface area contributed by atoms with E-state index in [4.69, 9.17) is 4.74 Å². The Morgan fingerprint density at radius 1 is 1.17 bits per heavy atom. The second-order valence-corrected chi connectivity index (χ2v) is 9.18. The molecule has 1 fully saturated rings. The molecule has 0 atom stereocenters. The minimum Gasteiger partial charge on any atom is -0.484 e. The zero-order valence-corrected chi connectivity index (χ0v) is 18.7. The van der Waals surface area contributed by atoms with Crippen LogP contribution in [0.3, 0.4) is 0 Å². The highest BCUT2D eigenvalue weighted by Gasteiger charge is 2.29. The maximum absolute atomic E-state index is 12.3. The molecule has 3 aromatic rings. The predicted octanol–water partition coefficient (Wildman–Crippen LogP) is 5.25. The van der Waals surface area contributed by atoms with Gasteiger partial charge in [0.2, 0.25) is 5.91 Å². The summed E-state index contributed by atoms with van der Waals surface area (Å²) in [4.78, 5) is 29.7. The van der Waals surface area contributed by atoms with Crippen LogP contribution < -0.4 is 15.4 Å². The topological polar surface area (TPSA) is 80.3 Å². The first-order valence-corrected chi connectivity index (χ1v) is 11.2. The van der Waals surface area contributed by atoms with E-state index >= 15 is 0 Å². The number of benzene rings is 2. The second-order valence-electron chi connectivity index (χ2n) is 7.06. The van der Waals surface area contributed by atoms with Crippen LogP contribution >= 0.6 is 27.3 Å². The monoisotopic (exact) mass is 485 g/mol. The number of hydrogen-bond acceptors (Lipinski definition) is 5. The van der Waals surface area contributed by atoms with Crippen LogP contribution in [0.25, 0.3) is 11.3 Å². The number of carbonyl (C=O) groups excluding carboxylic acids is 2. The van der Waals surface area contributed by atoms with Crippen molar-refractivity contribution in [2.45, 2.75) is 19.8 Å². The minimum absolute atomic E-state index is 0.0330. The first-order chi connectivity index (χ1) is 14.5. The maximum Gasteiger partial charge on any atom is 0.264 e. The number of hydrogen-bond donors (Lipinski definition) is 2. The highest BCUT2D eigenvalue weighted by atomic mass is 79.9. The lowest BCUT2D eigenvalue weighted by molar-refractivity contribution is -0.118. The van der Waals surface area contributed by atoms with E-state index in [0.29, 0.717) is 16.6 Å². The molecular weight excluding hydrogens is 466 g/mol. The summed E-state index contributed by atoms with van der Waals surface area (Å²) in [5.41, 5.74) is 2.51. The van der Waals surface area contributed by atoms with E-state index < -0.39 is 0 Å². The quantitative estimate of drug-likeness (QED) is 0.478. The molecule has 1 heterocycles. The van der Waals surface area contributed by atoms with Gasteiger partial charge in [-0.15, -0.1) is 11.3 Å². The molecule has 154 valence electrons. The molecule has 30 heavy (non-hydrogen) atoms. The van der Waals surface area contributed by atoms with Gasteiger partial charge < -0.3 is 10.1 Å². The van der Waals surface area contributed by atoms with Crippen LogP contribution in [0.1, 0.15) is 17.7 Å². The Morgan fingerprint density at radius 3 is 2.67 bits per heavy atom.